The monoisotopic (exact) mass is 237 g/mol. The maximum Gasteiger partial charge on any atom is 0.408 e. The zero-order valence-corrected chi connectivity index (χ0v) is 8.83. The van der Waals surface area contributed by atoms with Crippen LogP contribution in [0.5, 0.6) is 0 Å². The van der Waals surface area contributed by atoms with Gasteiger partial charge in [-0.2, -0.15) is 0 Å². The number of hydrogen-bond acceptors (Lipinski definition) is 4. The highest BCUT2D eigenvalue weighted by Crippen LogP contribution is 2.00. The van der Waals surface area contributed by atoms with E-state index in [0.717, 1.165) is 5.56 Å². The van der Waals surface area contributed by atoms with Gasteiger partial charge in [-0.1, -0.05) is 30.3 Å². The topological polar surface area (TPSA) is 92.7 Å². The van der Waals surface area contributed by atoms with Gasteiger partial charge in [0.2, 0.25) is 0 Å². The molecule has 0 heterocycles. The molecule has 1 aromatic carbocycles. The summed E-state index contributed by atoms with van der Waals surface area (Å²) in [4.78, 5) is 31.9. The smallest absolute Gasteiger partial charge is 0.408 e. The number of amides is 1. The number of rotatable bonds is 5. The highest BCUT2D eigenvalue weighted by Gasteiger charge is 2.19. The number of benzene rings is 1. The standard InChI is InChI=1S/C11H11NO5/c13-6-9(10(14)15)12-11(16)17-7-8-4-2-1-3-5-8/h1-6,9H,7H2,(H,12,16)(H,14,15)/t9-/m0/s1. The first-order valence-corrected chi connectivity index (χ1v) is 4.79. The van der Waals surface area contributed by atoms with Crippen molar-refractivity contribution in [2.45, 2.75) is 12.6 Å². The fraction of sp³-hybridized carbons (Fsp3) is 0.182. The molecule has 6 heteroatoms. The van der Waals surface area contributed by atoms with E-state index in [9.17, 15) is 14.4 Å². The van der Waals surface area contributed by atoms with Crippen LogP contribution < -0.4 is 5.32 Å². The van der Waals surface area contributed by atoms with Gasteiger partial charge in [0.25, 0.3) is 0 Å². The van der Waals surface area contributed by atoms with Crippen molar-refractivity contribution in [1.82, 2.24) is 5.32 Å². The Morgan fingerprint density at radius 2 is 2.00 bits per heavy atom. The summed E-state index contributed by atoms with van der Waals surface area (Å²) in [5.74, 6) is -1.43. The van der Waals surface area contributed by atoms with E-state index in [1.165, 1.54) is 0 Å². The molecule has 0 radical (unpaired) electrons. The molecule has 1 rings (SSSR count). The maximum absolute atomic E-state index is 11.1. The third kappa shape index (κ3) is 4.33. The number of carboxylic acids is 1. The molecule has 6 nitrogen and oxygen atoms in total. The first-order valence-electron chi connectivity index (χ1n) is 4.79. The van der Waals surface area contributed by atoms with Crippen LogP contribution in [-0.4, -0.2) is 29.5 Å². The summed E-state index contributed by atoms with van der Waals surface area (Å²) < 4.78 is 4.74. The average molecular weight is 237 g/mol. The predicted octanol–water partition coefficient (Wildman–Crippen LogP) is 0.565. The van der Waals surface area contributed by atoms with Crippen molar-refractivity contribution < 1.29 is 24.2 Å². The minimum absolute atomic E-state index is 0.0118. The summed E-state index contributed by atoms with van der Waals surface area (Å²) in [6.45, 7) is 0.0118. The van der Waals surface area contributed by atoms with Crippen molar-refractivity contribution in [2.24, 2.45) is 0 Å². The minimum Gasteiger partial charge on any atom is -0.479 e. The predicted molar refractivity (Wildman–Crippen MR) is 57.3 cm³/mol. The lowest BCUT2D eigenvalue weighted by Gasteiger charge is -2.09. The quantitative estimate of drug-likeness (QED) is 0.576. The van der Waals surface area contributed by atoms with Crippen molar-refractivity contribution in [3.05, 3.63) is 35.9 Å². The van der Waals surface area contributed by atoms with E-state index < -0.39 is 18.1 Å². The molecule has 1 aromatic rings. The highest BCUT2D eigenvalue weighted by molar-refractivity contribution is 5.94. The summed E-state index contributed by atoms with van der Waals surface area (Å²) in [7, 11) is 0. The molecule has 0 aromatic heterocycles. The Kier molecular flexibility index (Phi) is 4.68. The van der Waals surface area contributed by atoms with Gasteiger partial charge in [0.15, 0.2) is 12.3 Å². The molecule has 0 fully saturated rings. The van der Waals surface area contributed by atoms with Crippen LogP contribution >= 0.6 is 0 Å². The number of carbonyl (C=O) groups excluding carboxylic acids is 2. The van der Waals surface area contributed by atoms with Gasteiger partial charge < -0.3 is 20.0 Å². The van der Waals surface area contributed by atoms with Gasteiger partial charge in [-0.05, 0) is 5.56 Å². The summed E-state index contributed by atoms with van der Waals surface area (Å²) in [6.07, 6.45) is -0.833. The number of ether oxygens (including phenoxy) is 1. The maximum atomic E-state index is 11.1. The second-order valence-electron chi connectivity index (χ2n) is 3.16. The number of hydrogen-bond donors (Lipinski definition) is 2. The Morgan fingerprint density at radius 1 is 1.35 bits per heavy atom. The zero-order chi connectivity index (χ0) is 12.7. The van der Waals surface area contributed by atoms with Crippen LogP contribution in [0.3, 0.4) is 0 Å². The SMILES string of the molecule is O=C[C@H](NC(=O)OCc1ccccc1)C(=O)O. The Hall–Kier alpha value is -2.37. The average Bonchev–Trinajstić information content (AvgIpc) is 2.34. The number of aliphatic carboxylic acids is 1. The summed E-state index contributed by atoms with van der Waals surface area (Å²) >= 11 is 0. The molecule has 1 amide bonds. The van der Waals surface area contributed by atoms with Crippen LogP contribution in [0.2, 0.25) is 0 Å². The van der Waals surface area contributed by atoms with E-state index in [2.05, 4.69) is 0 Å². The van der Waals surface area contributed by atoms with E-state index in [4.69, 9.17) is 9.84 Å². The molecule has 0 saturated heterocycles. The second-order valence-corrected chi connectivity index (χ2v) is 3.16. The van der Waals surface area contributed by atoms with Gasteiger partial charge in [0.1, 0.15) is 6.61 Å². The lowest BCUT2D eigenvalue weighted by molar-refractivity contribution is -0.140. The van der Waals surface area contributed by atoms with Gasteiger partial charge in [-0.25, -0.2) is 9.59 Å². The number of aldehydes is 1. The third-order valence-corrected chi connectivity index (χ3v) is 1.89. The van der Waals surface area contributed by atoms with E-state index in [0.29, 0.717) is 0 Å². The molecule has 1 atom stereocenters. The van der Waals surface area contributed by atoms with Crippen LogP contribution in [0.1, 0.15) is 5.56 Å². The van der Waals surface area contributed by atoms with Crippen LogP contribution in [0, 0.1) is 0 Å². The molecular weight excluding hydrogens is 226 g/mol. The minimum atomic E-state index is -1.58. The number of nitrogens with one attached hydrogen (secondary N) is 1. The van der Waals surface area contributed by atoms with Crippen molar-refractivity contribution in [3.8, 4) is 0 Å². The van der Waals surface area contributed by atoms with Crippen molar-refractivity contribution >= 4 is 18.3 Å². The first kappa shape index (κ1) is 12.7. The Morgan fingerprint density at radius 3 is 2.53 bits per heavy atom. The van der Waals surface area contributed by atoms with E-state index in [1.807, 2.05) is 11.4 Å². The Labute approximate surface area is 97.2 Å². The van der Waals surface area contributed by atoms with Crippen molar-refractivity contribution in [3.63, 3.8) is 0 Å². The molecule has 0 saturated carbocycles. The van der Waals surface area contributed by atoms with Gasteiger partial charge in [0, 0.05) is 0 Å². The lowest BCUT2D eigenvalue weighted by Crippen LogP contribution is -2.42. The third-order valence-electron chi connectivity index (χ3n) is 1.89. The molecule has 0 unspecified atom stereocenters. The van der Waals surface area contributed by atoms with E-state index in [-0.39, 0.29) is 12.9 Å². The van der Waals surface area contributed by atoms with Crippen LogP contribution in [0.15, 0.2) is 30.3 Å². The van der Waals surface area contributed by atoms with Crippen molar-refractivity contribution in [1.29, 1.82) is 0 Å². The van der Waals surface area contributed by atoms with Crippen molar-refractivity contribution in [2.75, 3.05) is 0 Å². The number of alkyl carbamates (subject to hydrolysis) is 1. The molecule has 90 valence electrons. The summed E-state index contributed by atoms with van der Waals surface area (Å²) in [5, 5.41) is 10.4. The zero-order valence-electron chi connectivity index (χ0n) is 8.83. The number of carbonyl (C=O) groups is 3. The molecular formula is C11H11NO5. The normalized spacial score (nSPS) is 11.3. The van der Waals surface area contributed by atoms with Crippen LogP contribution in [-0.2, 0) is 20.9 Å². The second kappa shape index (κ2) is 6.26. The van der Waals surface area contributed by atoms with Crippen LogP contribution in [0.4, 0.5) is 4.79 Å². The largest absolute Gasteiger partial charge is 0.479 e. The summed E-state index contributed by atoms with van der Waals surface area (Å²) in [6, 6.07) is 7.29. The molecule has 0 bridgehead atoms. The Bertz CT molecular complexity index is 404. The molecule has 0 spiro atoms. The lowest BCUT2D eigenvalue weighted by atomic mass is 10.2. The molecule has 2 N–H and O–H groups in total. The molecule has 0 aliphatic carbocycles. The molecule has 0 aliphatic rings. The van der Waals surface area contributed by atoms with Gasteiger partial charge >= 0.3 is 12.1 Å². The first-order chi connectivity index (χ1) is 8.13. The number of carboxylic acid groups (broad SMARTS) is 1. The van der Waals surface area contributed by atoms with Gasteiger partial charge in [-0.15, -0.1) is 0 Å². The fourth-order valence-electron chi connectivity index (χ4n) is 1.05. The van der Waals surface area contributed by atoms with Gasteiger partial charge in [0.05, 0.1) is 0 Å². The fourth-order valence-corrected chi connectivity index (χ4v) is 1.05. The molecule has 17 heavy (non-hydrogen) atoms. The van der Waals surface area contributed by atoms with E-state index >= 15 is 0 Å². The molecule has 0 aliphatic heterocycles. The summed E-state index contributed by atoms with van der Waals surface area (Å²) in [5.41, 5.74) is 0.764. The Balaban J connectivity index is 2.40. The van der Waals surface area contributed by atoms with Gasteiger partial charge in [-0.3, -0.25) is 0 Å². The van der Waals surface area contributed by atoms with E-state index in [1.54, 1.807) is 24.3 Å². The highest BCUT2D eigenvalue weighted by atomic mass is 16.5. The van der Waals surface area contributed by atoms with Crippen LogP contribution in [0.25, 0.3) is 0 Å².